The van der Waals surface area contributed by atoms with E-state index in [1.165, 1.54) is 13.2 Å². The molecule has 0 unspecified atom stereocenters. The molecule has 0 saturated carbocycles. The normalized spacial score (nSPS) is 10.9. The van der Waals surface area contributed by atoms with Crippen LogP contribution in [0.2, 0.25) is 20.1 Å². The molecule has 0 aliphatic carbocycles. The molecule has 3 aromatic rings. The van der Waals surface area contributed by atoms with Gasteiger partial charge < -0.3 is 14.8 Å². The van der Waals surface area contributed by atoms with E-state index < -0.39 is 10.8 Å². The largest absolute Gasteiger partial charge is 0.493 e. The fourth-order valence-corrected chi connectivity index (χ4v) is 4.07. The predicted molar refractivity (Wildman–Crippen MR) is 139 cm³/mol. The molecule has 3 rings (SSSR count). The quantitative estimate of drug-likeness (QED) is 0.132. The van der Waals surface area contributed by atoms with Crippen LogP contribution in [0.3, 0.4) is 0 Å². The Kier molecular flexibility index (Phi) is 9.02. The van der Waals surface area contributed by atoms with Crippen LogP contribution in [-0.4, -0.2) is 17.9 Å². The number of amides is 1. The van der Waals surface area contributed by atoms with Crippen LogP contribution in [0.15, 0.2) is 54.1 Å². The molecule has 0 bridgehead atoms. The summed E-state index contributed by atoms with van der Waals surface area (Å²) in [6.45, 7) is 0.0464. The first kappa shape index (κ1) is 27.1. The maximum Gasteiger partial charge on any atom is 0.272 e. The van der Waals surface area contributed by atoms with Crippen LogP contribution >= 0.6 is 46.4 Å². The van der Waals surface area contributed by atoms with Crippen LogP contribution in [0.4, 0.5) is 11.4 Å². The lowest BCUT2D eigenvalue weighted by Crippen LogP contribution is -2.14. The van der Waals surface area contributed by atoms with Crippen molar-refractivity contribution in [3.05, 3.63) is 95.4 Å². The molecule has 0 saturated heterocycles. The van der Waals surface area contributed by atoms with Gasteiger partial charge in [0.15, 0.2) is 11.5 Å². The lowest BCUT2D eigenvalue weighted by atomic mass is 10.1. The maximum atomic E-state index is 12.7. The van der Waals surface area contributed by atoms with Crippen molar-refractivity contribution in [1.29, 1.82) is 5.26 Å². The molecule has 1 amide bonds. The van der Waals surface area contributed by atoms with Crippen molar-refractivity contribution >= 4 is 69.8 Å². The second-order valence-electron chi connectivity index (χ2n) is 7.06. The van der Waals surface area contributed by atoms with Crippen LogP contribution in [0.25, 0.3) is 6.08 Å². The number of carbonyl (C=O) groups is 1. The number of nitriles is 1. The Morgan fingerprint density at radius 2 is 1.69 bits per heavy atom. The molecule has 0 fully saturated rings. The third-order valence-corrected chi connectivity index (χ3v) is 6.08. The smallest absolute Gasteiger partial charge is 0.272 e. The number of carbonyl (C=O) groups excluding carboxylic acids is 1. The number of methoxy groups -OCH3 is 1. The molecule has 184 valence electrons. The zero-order valence-electron chi connectivity index (χ0n) is 18.4. The number of nitro benzene ring substituents is 1. The topological polar surface area (TPSA) is 114 Å². The highest BCUT2D eigenvalue weighted by atomic mass is 35.5. The fourth-order valence-electron chi connectivity index (χ4n) is 3.00. The minimum absolute atomic E-state index is 0.0464. The average molecular weight is 567 g/mol. The summed E-state index contributed by atoms with van der Waals surface area (Å²) in [5.41, 5.74) is 0.334. The zero-order valence-corrected chi connectivity index (χ0v) is 21.4. The first-order valence-corrected chi connectivity index (χ1v) is 11.5. The molecule has 0 atom stereocenters. The summed E-state index contributed by atoms with van der Waals surface area (Å²) in [6, 6.07) is 13.8. The number of nitrogens with zero attached hydrogens (tertiary/aromatic N) is 2. The molecule has 0 radical (unpaired) electrons. The number of anilines is 1. The number of nitrogens with one attached hydrogen (secondary N) is 1. The molecular formula is C24H15Cl4N3O5. The summed E-state index contributed by atoms with van der Waals surface area (Å²) >= 11 is 24.5. The first-order chi connectivity index (χ1) is 17.1. The first-order valence-electron chi connectivity index (χ1n) is 9.95. The van der Waals surface area contributed by atoms with Crippen LogP contribution in [0, 0.1) is 21.4 Å². The van der Waals surface area contributed by atoms with Gasteiger partial charge in [-0.1, -0.05) is 58.5 Å². The number of benzene rings is 3. The zero-order chi connectivity index (χ0) is 26.4. The number of nitro groups is 1. The van der Waals surface area contributed by atoms with E-state index in [-0.39, 0.29) is 33.6 Å². The van der Waals surface area contributed by atoms with Gasteiger partial charge in [-0.2, -0.15) is 5.26 Å². The van der Waals surface area contributed by atoms with Crippen LogP contribution in [0.1, 0.15) is 11.1 Å². The van der Waals surface area contributed by atoms with Gasteiger partial charge in [-0.3, -0.25) is 14.9 Å². The summed E-state index contributed by atoms with van der Waals surface area (Å²) in [6.07, 6.45) is 1.32. The molecule has 3 aromatic carbocycles. The highest BCUT2D eigenvalue weighted by Gasteiger charge is 2.19. The van der Waals surface area contributed by atoms with Gasteiger partial charge in [0.1, 0.15) is 18.2 Å². The SMILES string of the molecule is COc1ccc(/C=C(\C#N)C(=O)Nc2c(Cl)cc([N+](=O)[O-])cc2Cl)cc1OCc1c(Cl)cccc1Cl. The molecular weight excluding hydrogens is 552 g/mol. The van der Waals surface area contributed by atoms with E-state index in [4.69, 9.17) is 55.9 Å². The predicted octanol–water partition coefficient (Wildman–Crippen LogP) is 7.34. The van der Waals surface area contributed by atoms with Gasteiger partial charge in [0.2, 0.25) is 0 Å². The van der Waals surface area contributed by atoms with Gasteiger partial charge in [0, 0.05) is 27.7 Å². The average Bonchev–Trinajstić information content (AvgIpc) is 2.84. The number of rotatable bonds is 8. The van der Waals surface area contributed by atoms with Crippen molar-refractivity contribution < 1.29 is 19.2 Å². The number of non-ortho nitro benzene ring substituents is 1. The van der Waals surface area contributed by atoms with Gasteiger partial charge in [0.05, 0.1) is 27.8 Å². The van der Waals surface area contributed by atoms with Crippen LogP contribution < -0.4 is 14.8 Å². The van der Waals surface area contributed by atoms with Crippen molar-refractivity contribution in [3.63, 3.8) is 0 Å². The molecule has 0 aromatic heterocycles. The van der Waals surface area contributed by atoms with E-state index in [1.807, 2.05) is 6.07 Å². The van der Waals surface area contributed by atoms with Crippen molar-refractivity contribution in [3.8, 4) is 17.6 Å². The van der Waals surface area contributed by atoms with Gasteiger partial charge in [-0.25, -0.2) is 0 Å². The number of halogens is 4. The number of hydrogen-bond donors (Lipinski definition) is 1. The lowest BCUT2D eigenvalue weighted by Gasteiger charge is -2.13. The van der Waals surface area contributed by atoms with E-state index in [2.05, 4.69) is 5.32 Å². The van der Waals surface area contributed by atoms with E-state index in [0.717, 1.165) is 12.1 Å². The molecule has 0 aliphatic rings. The van der Waals surface area contributed by atoms with Crippen molar-refractivity contribution in [1.82, 2.24) is 0 Å². The Morgan fingerprint density at radius 1 is 1.06 bits per heavy atom. The Hall–Kier alpha value is -3.48. The molecule has 36 heavy (non-hydrogen) atoms. The molecule has 1 N–H and O–H groups in total. The molecule has 12 heteroatoms. The standard InChI is InChI=1S/C24H15Cl4N3O5/c1-35-21-6-5-13(8-22(21)36-12-16-17(25)3-2-4-18(16)26)7-14(11-29)24(32)30-23-19(27)9-15(31(33)34)10-20(23)28/h2-10H,12H2,1H3,(H,30,32)/b14-7+. The maximum absolute atomic E-state index is 12.7. The molecule has 0 heterocycles. The summed E-state index contributed by atoms with van der Waals surface area (Å²) < 4.78 is 11.2. The summed E-state index contributed by atoms with van der Waals surface area (Å²) in [5.74, 6) is -0.0968. The van der Waals surface area contributed by atoms with Gasteiger partial charge in [-0.05, 0) is 35.9 Å². The highest BCUT2D eigenvalue weighted by Crippen LogP contribution is 2.35. The summed E-state index contributed by atoms with van der Waals surface area (Å²) in [7, 11) is 1.46. The number of ether oxygens (including phenoxy) is 2. The highest BCUT2D eigenvalue weighted by molar-refractivity contribution is 6.40. The second-order valence-corrected chi connectivity index (χ2v) is 8.69. The van der Waals surface area contributed by atoms with Crippen LogP contribution in [0.5, 0.6) is 11.5 Å². The third kappa shape index (κ3) is 6.39. The minimum Gasteiger partial charge on any atom is -0.493 e. The lowest BCUT2D eigenvalue weighted by molar-refractivity contribution is -0.384. The van der Waals surface area contributed by atoms with Gasteiger partial charge in [-0.15, -0.1) is 0 Å². The molecule has 8 nitrogen and oxygen atoms in total. The Balaban J connectivity index is 1.86. The van der Waals surface area contributed by atoms with E-state index >= 15 is 0 Å². The second kappa shape index (κ2) is 12.0. The number of hydrogen-bond acceptors (Lipinski definition) is 6. The van der Waals surface area contributed by atoms with Crippen LogP contribution in [-0.2, 0) is 11.4 Å². The van der Waals surface area contributed by atoms with E-state index in [0.29, 0.717) is 32.7 Å². The van der Waals surface area contributed by atoms with Gasteiger partial charge in [0.25, 0.3) is 11.6 Å². The fraction of sp³-hybridized carbons (Fsp3) is 0.0833. The van der Waals surface area contributed by atoms with E-state index in [9.17, 15) is 20.2 Å². The summed E-state index contributed by atoms with van der Waals surface area (Å²) in [5, 5.41) is 23.5. The molecule has 0 spiro atoms. The Bertz CT molecular complexity index is 1380. The summed E-state index contributed by atoms with van der Waals surface area (Å²) in [4.78, 5) is 23.0. The Labute approximate surface area is 225 Å². The van der Waals surface area contributed by atoms with E-state index in [1.54, 1.807) is 36.4 Å². The van der Waals surface area contributed by atoms with Crippen molar-refractivity contribution in [2.24, 2.45) is 0 Å². The van der Waals surface area contributed by atoms with Crippen molar-refractivity contribution in [2.75, 3.05) is 12.4 Å². The monoisotopic (exact) mass is 565 g/mol. The Morgan fingerprint density at radius 3 is 2.25 bits per heavy atom. The van der Waals surface area contributed by atoms with Crippen molar-refractivity contribution in [2.45, 2.75) is 6.61 Å². The van der Waals surface area contributed by atoms with Gasteiger partial charge >= 0.3 is 0 Å². The third-order valence-electron chi connectivity index (χ3n) is 4.77. The minimum atomic E-state index is -0.823. The molecule has 0 aliphatic heterocycles.